The second kappa shape index (κ2) is 10.4. The van der Waals surface area contributed by atoms with E-state index in [0.717, 1.165) is 16.7 Å². The number of nitrogens with one attached hydrogen (secondary N) is 1. The van der Waals surface area contributed by atoms with Crippen molar-refractivity contribution in [3.63, 3.8) is 0 Å². The first-order chi connectivity index (χ1) is 14.3. The Balaban J connectivity index is 1.73. The molecule has 0 atom stereocenters. The monoisotopic (exact) mass is 449 g/mol. The molecule has 30 heavy (non-hydrogen) atoms. The molecule has 0 spiro atoms. The van der Waals surface area contributed by atoms with Crippen LogP contribution in [0.4, 0.5) is 0 Å². The molecule has 1 aliphatic heterocycles. The van der Waals surface area contributed by atoms with Crippen LogP contribution in [0.2, 0.25) is 5.02 Å². The van der Waals surface area contributed by atoms with E-state index in [1.807, 2.05) is 49.4 Å². The van der Waals surface area contributed by atoms with E-state index >= 15 is 0 Å². The van der Waals surface area contributed by atoms with E-state index in [4.69, 9.17) is 11.6 Å². The molecule has 0 saturated carbocycles. The Kier molecular flexibility index (Phi) is 7.88. The predicted octanol–water partition coefficient (Wildman–Crippen LogP) is 2.45. The lowest BCUT2D eigenvalue weighted by atomic mass is 10.1. The van der Waals surface area contributed by atoms with Gasteiger partial charge in [0.2, 0.25) is 15.9 Å². The molecule has 1 amide bonds. The van der Waals surface area contributed by atoms with Gasteiger partial charge in [0.25, 0.3) is 0 Å². The fourth-order valence-corrected chi connectivity index (χ4v) is 5.04. The molecule has 1 N–H and O–H groups in total. The smallest absolute Gasteiger partial charge is 0.227 e. The highest BCUT2D eigenvalue weighted by atomic mass is 35.5. The Morgan fingerprint density at radius 3 is 2.43 bits per heavy atom. The Bertz CT molecular complexity index is 958. The van der Waals surface area contributed by atoms with Crippen molar-refractivity contribution in [1.29, 1.82) is 0 Å². The third-order valence-electron chi connectivity index (χ3n) is 5.24. The minimum Gasteiger partial charge on any atom is -0.337 e. The maximum atomic E-state index is 13.1. The van der Waals surface area contributed by atoms with E-state index in [9.17, 15) is 13.2 Å². The maximum Gasteiger partial charge on any atom is 0.227 e. The van der Waals surface area contributed by atoms with Gasteiger partial charge >= 0.3 is 0 Å². The molecule has 0 aromatic heterocycles. The number of carbonyl (C=O) groups excluding carboxylic acids is 1. The number of halogens is 1. The van der Waals surface area contributed by atoms with Crippen molar-refractivity contribution >= 4 is 27.5 Å². The third kappa shape index (κ3) is 6.28. The van der Waals surface area contributed by atoms with Crippen LogP contribution in [0.15, 0.2) is 48.5 Å². The first-order valence-electron chi connectivity index (χ1n) is 10.1. The Labute approximate surface area is 183 Å². The third-order valence-corrected chi connectivity index (χ3v) is 7.46. The molecule has 6 nitrogen and oxygen atoms in total. The van der Waals surface area contributed by atoms with E-state index in [-0.39, 0.29) is 31.2 Å². The van der Waals surface area contributed by atoms with Gasteiger partial charge in [-0.05, 0) is 24.1 Å². The Hall–Kier alpha value is -1.93. The van der Waals surface area contributed by atoms with Gasteiger partial charge in [0.05, 0.1) is 12.2 Å². The molecule has 1 fully saturated rings. The quantitative estimate of drug-likeness (QED) is 0.672. The topological polar surface area (TPSA) is 69.7 Å². The molecule has 1 aliphatic rings. The molecule has 162 valence electrons. The summed E-state index contributed by atoms with van der Waals surface area (Å²) < 4.78 is 27.0. The summed E-state index contributed by atoms with van der Waals surface area (Å²) in [7, 11) is -3.43. The molecule has 0 radical (unpaired) electrons. The number of carbonyl (C=O) groups is 1. The van der Waals surface area contributed by atoms with Crippen molar-refractivity contribution in [3.8, 4) is 0 Å². The van der Waals surface area contributed by atoms with Crippen molar-refractivity contribution in [1.82, 2.24) is 14.5 Å². The fourth-order valence-electron chi connectivity index (χ4n) is 3.39. The average Bonchev–Trinajstić information content (AvgIpc) is 2.74. The van der Waals surface area contributed by atoms with Crippen LogP contribution in [0, 0.1) is 6.92 Å². The molecule has 0 bridgehead atoms. The van der Waals surface area contributed by atoms with Crippen molar-refractivity contribution in [2.24, 2.45) is 0 Å². The van der Waals surface area contributed by atoms with Crippen molar-refractivity contribution in [2.45, 2.75) is 19.9 Å². The zero-order valence-electron chi connectivity index (χ0n) is 17.2. The lowest BCUT2D eigenvalue weighted by molar-refractivity contribution is -0.130. The zero-order chi connectivity index (χ0) is 21.6. The van der Waals surface area contributed by atoms with Gasteiger partial charge in [0, 0.05) is 44.3 Å². The number of amides is 1. The fraction of sp³-hybridized carbons (Fsp3) is 0.409. The highest BCUT2D eigenvalue weighted by Gasteiger charge is 2.26. The number of aryl methyl sites for hydroxylation is 1. The molecule has 3 rings (SSSR count). The summed E-state index contributed by atoms with van der Waals surface area (Å²) in [4.78, 5) is 14.7. The summed E-state index contributed by atoms with van der Waals surface area (Å²) in [5.41, 5.74) is 2.83. The minimum absolute atomic E-state index is 0.100. The molecule has 0 aliphatic carbocycles. The first-order valence-corrected chi connectivity index (χ1v) is 12.1. The van der Waals surface area contributed by atoms with Crippen LogP contribution in [0.1, 0.15) is 16.7 Å². The second-order valence-electron chi connectivity index (χ2n) is 7.53. The van der Waals surface area contributed by atoms with Crippen LogP contribution in [-0.2, 0) is 27.8 Å². The van der Waals surface area contributed by atoms with E-state index in [0.29, 0.717) is 31.2 Å². The van der Waals surface area contributed by atoms with Gasteiger partial charge in [0.15, 0.2) is 0 Å². The molecule has 0 unspecified atom stereocenters. The summed E-state index contributed by atoms with van der Waals surface area (Å²) >= 11 is 6.29. The van der Waals surface area contributed by atoms with Gasteiger partial charge in [-0.1, -0.05) is 59.6 Å². The van der Waals surface area contributed by atoms with E-state index < -0.39 is 10.0 Å². The highest BCUT2D eigenvalue weighted by molar-refractivity contribution is 7.89. The van der Waals surface area contributed by atoms with Gasteiger partial charge in [0.1, 0.15) is 0 Å². The van der Waals surface area contributed by atoms with E-state index in [1.165, 1.54) is 4.31 Å². The van der Waals surface area contributed by atoms with E-state index in [2.05, 4.69) is 5.32 Å². The minimum atomic E-state index is -3.43. The second-order valence-corrected chi connectivity index (χ2v) is 10.0. The van der Waals surface area contributed by atoms with Gasteiger partial charge < -0.3 is 10.2 Å². The summed E-state index contributed by atoms with van der Waals surface area (Å²) in [5.74, 6) is -0.217. The lowest BCUT2D eigenvalue weighted by Gasteiger charge is -2.29. The number of hydrogen-bond donors (Lipinski definition) is 1. The molecule has 2 aromatic rings. The largest absolute Gasteiger partial charge is 0.337 e. The van der Waals surface area contributed by atoms with Gasteiger partial charge in [-0.3, -0.25) is 4.79 Å². The van der Waals surface area contributed by atoms with Crippen LogP contribution in [0.3, 0.4) is 0 Å². The average molecular weight is 450 g/mol. The Morgan fingerprint density at radius 2 is 1.77 bits per heavy atom. The lowest BCUT2D eigenvalue weighted by Crippen LogP contribution is -2.48. The van der Waals surface area contributed by atoms with Crippen LogP contribution in [0.25, 0.3) is 0 Å². The van der Waals surface area contributed by atoms with E-state index in [1.54, 1.807) is 11.0 Å². The molecular weight excluding hydrogens is 422 g/mol. The number of rotatable bonds is 8. The summed E-state index contributed by atoms with van der Waals surface area (Å²) in [6.45, 7) is 4.62. The van der Waals surface area contributed by atoms with Gasteiger partial charge in [-0.25, -0.2) is 8.42 Å². The molecular formula is C22H28ClN3O3S. The van der Waals surface area contributed by atoms with Crippen LogP contribution in [0.5, 0.6) is 0 Å². The predicted molar refractivity (Wildman–Crippen MR) is 120 cm³/mol. The van der Waals surface area contributed by atoms with Crippen molar-refractivity contribution in [2.75, 3.05) is 38.5 Å². The Morgan fingerprint density at radius 1 is 1.10 bits per heavy atom. The highest BCUT2D eigenvalue weighted by Crippen LogP contribution is 2.18. The maximum absolute atomic E-state index is 13.1. The van der Waals surface area contributed by atoms with Crippen molar-refractivity contribution < 1.29 is 13.2 Å². The van der Waals surface area contributed by atoms with Crippen molar-refractivity contribution in [3.05, 3.63) is 70.2 Å². The summed E-state index contributed by atoms with van der Waals surface area (Å²) in [6, 6.07) is 15.1. The zero-order valence-corrected chi connectivity index (χ0v) is 18.8. The summed E-state index contributed by atoms with van der Waals surface area (Å²) in [6.07, 6.45) is 0.221. The molecule has 2 aromatic carbocycles. The van der Waals surface area contributed by atoms with Crippen LogP contribution < -0.4 is 5.32 Å². The van der Waals surface area contributed by atoms with Crippen LogP contribution >= 0.6 is 11.6 Å². The first kappa shape index (κ1) is 22.7. The normalized spacial score (nSPS) is 15.1. The van der Waals surface area contributed by atoms with Gasteiger partial charge in [-0.15, -0.1) is 0 Å². The number of hydrogen-bond acceptors (Lipinski definition) is 4. The molecule has 1 saturated heterocycles. The SMILES string of the molecule is Cc1ccc(CC(=O)N(CCS(=O)(=O)N2CCNCC2)Cc2ccccc2Cl)cc1. The van der Waals surface area contributed by atoms with Gasteiger partial charge in [-0.2, -0.15) is 4.31 Å². The number of sulfonamides is 1. The molecule has 8 heteroatoms. The number of benzene rings is 2. The molecule has 1 heterocycles. The number of piperazine rings is 1. The number of nitrogens with zero attached hydrogens (tertiary/aromatic N) is 2. The summed E-state index contributed by atoms with van der Waals surface area (Å²) in [5, 5.41) is 3.72. The standard InChI is InChI=1S/C22H28ClN3O3S/c1-18-6-8-19(9-7-18)16-22(27)25(17-20-4-2-3-5-21(20)23)14-15-30(28,29)26-12-10-24-11-13-26/h2-9,24H,10-17H2,1H3. The van der Waals surface area contributed by atoms with Crippen LogP contribution in [-0.4, -0.2) is 62.0 Å².